The fraction of sp³-hybridized carbons (Fsp3) is 0.350. The van der Waals surface area contributed by atoms with Crippen molar-refractivity contribution >= 4 is 23.2 Å². The van der Waals surface area contributed by atoms with Crippen LogP contribution in [-0.4, -0.2) is 53.4 Å². The Labute approximate surface area is 168 Å². The summed E-state index contributed by atoms with van der Waals surface area (Å²) in [5.74, 6) is -0.0497. The Balaban J connectivity index is 1.49. The van der Waals surface area contributed by atoms with Crippen molar-refractivity contribution in [1.82, 2.24) is 9.80 Å². The van der Waals surface area contributed by atoms with Crippen LogP contribution in [0.2, 0.25) is 5.02 Å². The zero-order chi connectivity index (χ0) is 20.1. The molecule has 0 N–H and O–H groups in total. The number of ether oxygens (including phenoxy) is 1. The van der Waals surface area contributed by atoms with Crippen molar-refractivity contribution < 1.29 is 14.5 Å². The number of carbonyl (C=O) groups excluding carboxylic acids is 1. The lowest BCUT2D eigenvalue weighted by molar-refractivity contribution is -0.385. The fourth-order valence-corrected chi connectivity index (χ4v) is 3.25. The maximum absolute atomic E-state index is 12.4. The molecule has 0 unspecified atom stereocenters. The van der Waals surface area contributed by atoms with Gasteiger partial charge >= 0.3 is 5.69 Å². The van der Waals surface area contributed by atoms with Gasteiger partial charge in [-0.1, -0.05) is 29.8 Å². The van der Waals surface area contributed by atoms with Gasteiger partial charge in [-0.05, 0) is 36.2 Å². The van der Waals surface area contributed by atoms with Gasteiger partial charge in [0.25, 0.3) is 5.91 Å². The van der Waals surface area contributed by atoms with E-state index in [1.807, 2.05) is 24.3 Å². The molecule has 28 heavy (non-hydrogen) atoms. The summed E-state index contributed by atoms with van der Waals surface area (Å²) in [5.41, 5.74) is 1.82. The van der Waals surface area contributed by atoms with E-state index in [1.54, 1.807) is 17.9 Å². The number of carbonyl (C=O) groups is 1. The molecule has 2 aromatic rings. The zero-order valence-corrected chi connectivity index (χ0v) is 16.4. The Morgan fingerprint density at radius 1 is 1.14 bits per heavy atom. The van der Waals surface area contributed by atoms with Gasteiger partial charge in [-0.25, -0.2) is 0 Å². The van der Waals surface area contributed by atoms with Gasteiger partial charge < -0.3 is 9.64 Å². The molecule has 0 radical (unpaired) electrons. The second-order valence-corrected chi connectivity index (χ2v) is 7.24. The first-order valence-electron chi connectivity index (χ1n) is 9.05. The van der Waals surface area contributed by atoms with E-state index in [1.165, 1.54) is 17.7 Å². The molecule has 1 saturated heterocycles. The Morgan fingerprint density at radius 2 is 1.82 bits per heavy atom. The predicted molar refractivity (Wildman–Crippen MR) is 107 cm³/mol. The highest BCUT2D eigenvalue weighted by molar-refractivity contribution is 6.30. The molecule has 0 aliphatic carbocycles. The number of rotatable bonds is 6. The van der Waals surface area contributed by atoms with E-state index in [-0.39, 0.29) is 24.0 Å². The Kier molecular flexibility index (Phi) is 6.49. The lowest BCUT2D eigenvalue weighted by atomic mass is 10.2. The topological polar surface area (TPSA) is 75.9 Å². The molecule has 1 aliphatic rings. The monoisotopic (exact) mass is 403 g/mol. The van der Waals surface area contributed by atoms with Crippen LogP contribution < -0.4 is 4.74 Å². The molecule has 0 atom stereocenters. The molecule has 0 spiro atoms. The van der Waals surface area contributed by atoms with E-state index in [9.17, 15) is 14.9 Å². The third-order valence-corrected chi connectivity index (χ3v) is 4.96. The van der Waals surface area contributed by atoms with Crippen molar-refractivity contribution in [2.24, 2.45) is 0 Å². The van der Waals surface area contributed by atoms with Gasteiger partial charge in [0.2, 0.25) is 0 Å². The van der Waals surface area contributed by atoms with E-state index in [0.717, 1.165) is 25.2 Å². The van der Waals surface area contributed by atoms with Gasteiger partial charge in [-0.15, -0.1) is 0 Å². The average Bonchev–Trinajstić information content (AvgIpc) is 2.69. The zero-order valence-electron chi connectivity index (χ0n) is 15.6. The molecule has 0 aromatic heterocycles. The van der Waals surface area contributed by atoms with Gasteiger partial charge in [-0.3, -0.25) is 19.8 Å². The molecule has 1 heterocycles. The Hall–Kier alpha value is -2.64. The molecule has 1 amide bonds. The van der Waals surface area contributed by atoms with Crippen molar-refractivity contribution in [2.45, 2.75) is 13.5 Å². The minimum absolute atomic E-state index is 0.116. The van der Waals surface area contributed by atoms with Gasteiger partial charge in [0.15, 0.2) is 12.4 Å². The van der Waals surface area contributed by atoms with Crippen LogP contribution in [0.3, 0.4) is 0 Å². The van der Waals surface area contributed by atoms with Crippen LogP contribution in [0.25, 0.3) is 0 Å². The summed E-state index contributed by atoms with van der Waals surface area (Å²) in [7, 11) is 0. The highest BCUT2D eigenvalue weighted by Crippen LogP contribution is 2.27. The highest BCUT2D eigenvalue weighted by Gasteiger charge is 2.23. The van der Waals surface area contributed by atoms with Crippen molar-refractivity contribution in [3.8, 4) is 5.75 Å². The van der Waals surface area contributed by atoms with Gasteiger partial charge in [-0.2, -0.15) is 0 Å². The van der Waals surface area contributed by atoms with Crippen LogP contribution in [-0.2, 0) is 11.3 Å². The van der Waals surface area contributed by atoms with Crippen molar-refractivity contribution in [2.75, 3.05) is 32.8 Å². The Bertz CT molecular complexity index is 849. The van der Waals surface area contributed by atoms with E-state index in [4.69, 9.17) is 16.3 Å². The number of halogens is 1. The number of aryl methyl sites for hydroxylation is 1. The van der Waals surface area contributed by atoms with Crippen LogP contribution in [0.1, 0.15) is 11.1 Å². The third kappa shape index (κ3) is 5.21. The van der Waals surface area contributed by atoms with Crippen molar-refractivity contribution in [1.29, 1.82) is 0 Å². The predicted octanol–water partition coefficient (Wildman–Crippen LogP) is 3.28. The quantitative estimate of drug-likeness (QED) is 0.546. The normalized spacial score (nSPS) is 14.7. The van der Waals surface area contributed by atoms with E-state index < -0.39 is 4.92 Å². The average molecular weight is 404 g/mol. The summed E-state index contributed by atoms with van der Waals surface area (Å²) in [6, 6.07) is 12.4. The summed E-state index contributed by atoms with van der Waals surface area (Å²) < 4.78 is 5.44. The van der Waals surface area contributed by atoms with Crippen LogP contribution in [0, 0.1) is 17.0 Å². The first kappa shape index (κ1) is 20.1. The number of hydrogen-bond acceptors (Lipinski definition) is 5. The molecule has 7 nitrogen and oxygen atoms in total. The lowest BCUT2D eigenvalue weighted by Gasteiger charge is -2.34. The summed E-state index contributed by atoms with van der Waals surface area (Å²) in [6.45, 7) is 5.10. The number of benzene rings is 2. The van der Waals surface area contributed by atoms with Crippen LogP contribution in [0.4, 0.5) is 5.69 Å². The first-order chi connectivity index (χ1) is 13.4. The summed E-state index contributed by atoms with van der Waals surface area (Å²) in [4.78, 5) is 27.1. The number of nitro benzene ring substituents is 1. The molecular weight excluding hydrogens is 382 g/mol. The molecule has 8 heteroatoms. The van der Waals surface area contributed by atoms with Gasteiger partial charge in [0.1, 0.15) is 0 Å². The minimum atomic E-state index is -0.498. The minimum Gasteiger partial charge on any atom is -0.477 e. The molecule has 148 valence electrons. The fourth-order valence-electron chi connectivity index (χ4n) is 3.13. The largest absolute Gasteiger partial charge is 0.477 e. The number of nitro groups is 1. The Morgan fingerprint density at radius 3 is 2.46 bits per heavy atom. The van der Waals surface area contributed by atoms with Crippen molar-refractivity contribution in [3.05, 3.63) is 68.7 Å². The first-order valence-corrected chi connectivity index (χ1v) is 9.42. The molecule has 2 aromatic carbocycles. The van der Waals surface area contributed by atoms with Crippen LogP contribution in [0.15, 0.2) is 42.5 Å². The van der Waals surface area contributed by atoms with E-state index in [2.05, 4.69) is 4.90 Å². The molecule has 0 saturated carbocycles. The number of amides is 1. The highest BCUT2D eigenvalue weighted by atomic mass is 35.5. The summed E-state index contributed by atoms with van der Waals surface area (Å²) in [6.07, 6.45) is 0. The van der Waals surface area contributed by atoms with E-state index in [0.29, 0.717) is 18.1 Å². The van der Waals surface area contributed by atoms with Crippen molar-refractivity contribution in [3.63, 3.8) is 0 Å². The van der Waals surface area contributed by atoms with E-state index >= 15 is 0 Å². The number of hydrogen-bond donors (Lipinski definition) is 0. The maximum atomic E-state index is 12.4. The van der Waals surface area contributed by atoms with Crippen LogP contribution in [0.5, 0.6) is 5.75 Å². The summed E-state index contributed by atoms with van der Waals surface area (Å²) in [5, 5.41) is 11.9. The third-order valence-electron chi connectivity index (χ3n) is 4.71. The lowest BCUT2D eigenvalue weighted by Crippen LogP contribution is -2.49. The summed E-state index contributed by atoms with van der Waals surface area (Å²) >= 11 is 5.91. The smallest absolute Gasteiger partial charge is 0.311 e. The molecule has 1 fully saturated rings. The molecule has 3 rings (SSSR count). The second kappa shape index (κ2) is 9.03. The standard InChI is InChI=1S/C20H22ClN3O4/c1-15-2-7-19(18(12-15)24(26)27)28-14-20(25)23-10-8-22(9-11-23)13-16-3-5-17(21)6-4-16/h2-7,12H,8-11,13-14H2,1H3. The van der Waals surface area contributed by atoms with Gasteiger partial charge in [0.05, 0.1) is 4.92 Å². The second-order valence-electron chi connectivity index (χ2n) is 6.80. The SMILES string of the molecule is Cc1ccc(OCC(=O)N2CCN(Cc3ccc(Cl)cc3)CC2)c([N+](=O)[O-])c1. The van der Waals surface area contributed by atoms with Gasteiger partial charge in [0, 0.05) is 43.8 Å². The maximum Gasteiger partial charge on any atom is 0.311 e. The van der Waals surface area contributed by atoms with Crippen LogP contribution >= 0.6 is 11.6 Å². The number of piperazine rings is 1. The molecule has 0 bridgehead atoms. The number of nitrogens with zero attached hydrogens (tertiary/aromatic N) is 3. The molecular formula is C20H22ClN3O4. The molecule has 1 aliphatic heterocycles.